The molecule has 0 atom stereocenters. The Labute approximate surface area is 228 Å². The third-order valence-corrected chi connectivity index (χ3v) is 5.69. The van der Waals surface area contributed by atoms with Gasteiger partial charge in [-0.2, -0.15) is 13.2 Å². The number of benzene rings is 2. The largest absolute Gasteiger partial charge is 0.493 e. The van der Waals surface area contributed by atoms with Crippen molar-refractivity contribution in [2.45, 2.75) is 19.4 Å². The fraction of sp³-hybridized carbons (Fsp3) is 0.192. The number of aromatic nitrogens is 1. The van der Waals surface area contributed by atoms with Crippen molar-refractivity contribution < 1.29 is 46.3 Å². The van der Waals surface area contributed by atoms with Gasteiger partial charge in [-0.1, -0.05) is 0 Å². The van der Waals surface area contributed by atoms with Gasteiger partial charge >= 0.3 is 17.9 Å². The number of nitrogens with zero attached hydrogens (tertiary/aromatic N) is 2. The number of methoxy groups -OCH3 is 2. The second kappa shape index (κ2) is 11.8. The number of anilines is 1. The minimum absolute atomic E-state index is 0.0111. The summed E-state index contributed by atoms with van der Waals surface area (Å²) in [7, 11) is 2.72. The molecule has 0 radical (unpaired) electrons. The van der Waals surface area contributed by atoms with Crippen LogP contribution in [0.25, 0.3) is 11.0 Å². The highest BCUT2D eigenvalue weighted by atomic mass is 19.4. The second-order valence-electron chi connectivity index (χ2n) is 8.25. The summed E-state index contributed by atoms with van der Waals surface area (Å²) >= 11 is 0. The van der Waals surface area contributed by atoms with Gasteiger partial charge in [-0.3, -0.25) is 20.4 Å². The van der Waals surface area contributed by atoms with Gasteiger partial charge in [-0.15, -0.1) is 0 Å². The van der Waals surface area contributed by atoms with Crippen LogP contribution in [0.1, 0.15) is 16.7 Å². The fourth-order valence-electron chi connectivity index (χ4n) is 3.78. The number of nitro benzene ring substituents is 1. The molecule has 214 valence electrons. The van der Waals surface area contributed by atoms with E-state index >= 15 is 0 Å². The van der Waals surface area contributed by atoms with E-state index in [-0.39, 0.29) is 58.4 Å². The van der Waals surface area contributed by atoms with E-state index < -0.39 is 28.4 Å². The number of hydrogen-bond acceptors (Lipinski definition) is 10. The Morgan fingerprint density at radius 1 is 1.02 bits per heavy atom. The average molecular weight is 575 g/mol. The van der Waals surface area contributed by atoms with Crippen molar-refractivity contribution in [3.8, 4) is 17.2 Å². The van der Waals surface area contributed by atoms with Crippen molar-refractivity contribution in [2.75, 3.05) is 19.5 Å². The van der Waals surface area contributed by atoms with E-state index in [0.717, 1.165) is 12.1 Å². The lowest BCUT2D eigenvalue weighted by molar-refractivity contribution is -0.385. The first-order chi connectivity index (χ1) is 19.5. The number of hydrogen-bond donors (Lipinski definition) is 1. The van der Waals surface area contributed by atoms with Crippen LogP contribution < -0.4 is 25.2 Å². The maximum absolute atomic E-state index is 13.2. The van der Waals surface area contributed by atoms with Crippen molar-refractivity contribution in [3.05, 3.63) is 92.1 Å². The zero-order valence-corrected chi connectivity index (χ0v) is 21.3. The molecule has 0 bridgehead atoms. The van der Waals surface area contributed by atoms with Crippen LogP contribution in [0.2, 0.25) is 0 Å². The van der Waals surface area contributed by atoms with Gasteiger partial charge in [0.1, 0.15) is 24.5 Å². The zero-order valence-electron chi connectivity index (χ0n) is 21.3. The molecule has 0 aliphatic rings. The van der Waals surface area contributed by atoms with Gasteiger partial charge in [-0.25, -0.2) is 9.59 Å². The number of fused-ring (bicyclic) bond motifs is 1. The van der Waals surface area contributed by atoms with Gasteiger partial charge in [-0.05, 0) is 24.3 Å². The quantitative estimate of drug-likeness (QED) is 0.155. The number of alkyl halides is 3. The van der Waals surface area contributed by atoms with Gasteiger partial charge in [0, 0.05) is 35.0 Å². The van der Waals surface area contributed by atoms with Crippen molar-refractivity contribution >= 4 is 28.4 Å². The predicted octanol–water partition coefficient (Wildman–Crippen LogP) is 5.46. The van der Waals surface area contributed by atoms with Crippen LogP contribution in [0.5, 0.6) is 17.2 Å². The molecule has 2 aromatic carbocycles. The van der Waals surface area contributed by atoms with E-state index in [2.05, 4.69) is 10.3 Å². The molecule has 0 fully saturated rings. The molecular weight excluding hydrogens is 555 g/mol. The Kier molecular flexibility index (Phi) is 8.26. The van der Waals surface area contributed by atoms with Crippen molar-refractivity contribution in [1.82, 2.24) is 4.98 Å². The molecule has 2 heterocycles. The number of ether oxygens (including phenoxy) is 4. The maximum Gasteiger partial charge on any atom is 0.417 e. The van der Waals surface area contributed by atoms with E-state index in [4.69, 9.17) is 23.4 Å². The minimum atomic E-state index is -4.78. The van der Waals surface area contributed by atoms with E-state index in [1.807, 2.05) is 0 Å². The van der Waals surface area contributed by atoms with Crippen molar-refractivity contribution in [1.29, 1.82) is 0 Å². The normalized spacial score (nSPS) is 11.1. The first-order valence-corrected chi connectivity index (χ1v) is 11.5. The van der Waals surface area contributed by atoms with Crippen molar-refractivity contribution in [2.24, 2.45) is 0 Å². The number of pyridine rings is 1. The number of nitrogens with one attached hydrogen (secondary N) is 1. The van der Waals surface area contributed by atoms with Gasteiger partial charge in [0.25, 0.3) is 5.69 Å². The van der Waals surface area contributed by atoms with Crippen LogP contribution in [0.4, 0.5) is 29.3 Å². The molecule has 0 saturated heterocycles. The lowest BCUT2D eigenvalue weighted by Gasteiger charge is -2.14. The highest BCUT2D eigenvalue weighted by molar-refractivity contribution is 5.90. The summed E-state index contributed by atoms with van der Waals surface area (Å²) in [4.78, 5) is 38.9. The highest BCUT2D eigenvalue weighted by Crippen LogP contribution is 2.36. The summed E-state index contributed by atoms with van der Waals surface area (Å²) in [6, 6.07) is 7.76. The first-order valence-electron chi connectivity index (χ1n) is 11.5. The molecule has 0 aliphatic carbocycles. The molecule has 12 nitrogen and oxygen atoms in total. The molecule has 2 aromatic heterocycles. The van der Waals surface area contributed by atoms with Crippen LogP contribution in [0.15, 0.2) is 64.1 Å². The summed E-state index contributed by atoms with van der Waals surface area (Å²) in [6.07, 6.45) is -3.02. The monoisotopic (exact) mass is 575 g/mol. The van der Waals surface area contributed by atoms with Gasteiger partial charge < -0.3 is 23.4 Å². The minimum Gasteiger partial charge on any atom is -0.493 e. The smallest absolute Gasteiger partial charge is 0.417 e. The molecule has 0 spiro atoms. The van der Waals surface area contributed by atoms with Crippen molar-refractivity contribution in [3.63, 3.8) is 0 Å². The summed E-state index contributed by atoms with van der Waals surface area (Å²) in [5.74, 6) is 0.584. The lowest BCUT2D eigenvalue weighted by atomic mass is 10.1. The number of carbonyl (C=O) groups excluding carboxylic acids is 1. The van der Waals surface area contributed by atoms with E-state index in [1.54, 1.807) is 0 Å². The molecule has 4 rings (SSSR count). The maximum atomic E-state index is 13.2. The average Bonchev–Trinajstić information content (AvgIpc) is 2.93. The van der Waals surface area contributed by atoms with Crippen LogP contribution in [0, 0.1) is 10.1 Å². The summed E-state index contributed by atoms with van der Waals surface area (Å²) in [5.41, 5.74) is -2.46. The lowest BCUT2D eigenvalue weighted by Crippen LogP contribution is -2.14. The molecule has 1 amide bonds. The molecule has 41 heavy (non-hydrogen) atoms. The molecular formula is C26H20F3N3O9. The van der Waals surface area contributed by atoms with Gasteiger partial charge in [0.15, 0.2) is 11.5 Å². The van der Waals surface area contributed by atoms with E-state index in [1.165, 1.54) is 50.9 Å². The Balaban J connectivity index is 1.46. The molecule has 1 N–H and O–H groups in total. The molecule has 0 unspecified atom stereocenters. The molecule has 0 aliphatic heterocycles. The van der Waals surface area contributed by atoms with Crippen LogP contribution in [-0.4, -0.2) is 30.2 Å². The molecule has 4 aromatic rings. The topological polar surface area (TPSA) is 152 Å². The number of nitro groups is 1. The Morgan fingerprint density at radius 2 is 1.76 bits per heavy atom. The zero-order chi connectivity index (χ0) is 29.7. The van der Waals surface area contributed by atoms with E-state index in [0.29, 0.717) is 11.6 Å². The Morgan fingerprint density at radius 3 is 2.44 bits per heavy atom. The second-order valence-corrected chi connectivity index (χ2v) is 8.25. The standard InChI is InChI=1S/C26H20F3N3O9/c1-37-21-7-15(19(32(35)36)10-22(21)38-2)13-39-23-11-30-6-5-14(23)12-40-25(34)31-16-3-4-17-18(26(27,28)29)9-24(33)41-20(17)8-16/h3-11H,12-13H2,1-2H3,(H,31,34). The van der Waals surface area contributed by atoms with Crippen LogP contribution >= 0.6 is 0 Å². The third-order valence-electron chi connectivity index (χ3n) is 5.69. The van der Waals surface area contributed by atoms with E-state index in [9.17, 15) is 32.9 Å². The Hall–Kier alpha value is -5.34. The predicted molar refractivity (Wildman–Crippen MR) is 136 cm³/mol. The first kappa shape index (κ1) is 28.7. The van der Waals surface area contributed by atoms with Crippen LogP contribution in [-0.2, 0) is 24.1 Å². The summed E-state index contributed by atoms with van der Waals surface area (Å²) in [5, 5.41) is 13.5. The fourth-order valence-corrected chi connectivity index (χ4v) is 3.78. The number of halogens is 3. The number of rotatable bonds is 9. The SMILES string of the molecule is COc1cc(COc2cnccc2COC(=O)Nc2ccc3c(C(F)(F)F)cc(=O)oc3c2)c([N+](=O)[O-])cc1OC. The summed E-state index contributed by atoms with van der Waals surface area (Å²) in [6.45, 7) is -0.581. The number of amides is 1. The third kappa shape index (κ3) is 6.63. The highest BCUT2D eigenvalue weighted by Gasteiger charge is 2.34. The molecule has 15 heteroatoms. The number of carbonyl (C=O) groups is 1. The van der Waals surface area contributed by atoms with Crippen LogP contribution in [0.3, 0.4) is 0 Å². The van der Waals surface area contributed by atoms with Gasteiger partial charge in [0.2, 0.25) is 0 Å². The Bertz CT molecular complexity index is 1670. The molecule has 0 saturated carbocycles. The summed E-state index contributed by atoms with van der Waals surface area (Å²) < 4.78 is 65.8. The van der Waals surface area contributed by atoms with Gasteiger partial charge in [0.05, 0.1) is 42.5 Å².